The first-order chi connectivity index (χ1) is 15.5. The van der Waals surface area contributed by atoms with E-state index in [1.165, 1.54) is 10.4 Å². The average molecular weight is 500 g/mol. The number of sulfonamides is 2. The van der Waals surface area contributed by atoms with E-state index in [2.05, 4.69) is 5.32 Å². The summed E-state index contributed by atoms with van der Waals surface area (Å²) >= 11 is 0. The number of carbonyl (C=O) groups is 1. The lowest BCUT2D eigenvalue weighted by Crippen LogP contribution is -2.43. The standard InChI is InChI=1S/C21H26FN3O6S2/c1-3-24(4-2)32(28,29)17-11-12-20(26)18(14-17)23-21(27)19-6-5-13-25(19)33(30,31)16-9-7-15(22)8-10-16/h7-12,14,19,26H,3-6,13H2,1-2H3,(H,23,27). The summed E-state index contributed by atoms with van der Waals surface area (Å²) in [6.07, 6.45) is 0.672. The topological polar surface area (TPSA) is 124 Å². The Morgan fingerprint density at radius 3 is 2.30 bits per heavy atom. The molecule has 1 amide bonds. The number of benzene rings is 2. The molecule has 1 unspecified atom stereocenters. The van der Waals surface area contributed by atoms with Crippen molar-refractivity contribution in [3.63, 3.8) is 0 Å². The van der Waals surface area contributed by atoms with E-state index in [0.29, 0.717) is 6.42 Å². The van der Waals surface area contributed by atoms with Gasteiger partial charge in [0.2, 0.25) is 26.0 Å². The summed E-state index contributed by atoms with van der Waals surface area (Å²) < 4.78 is 67.0. The number of anilines is 1. The number of carbonyl (C=O) groups excluding carboxylic acids is 1. The monoisotopic (exact) mass is 499 g/mol. The minimum absolute atomic E-state index is 0.0974. The predicted octanol–water partition coefficient (Wildman–Crippen LogP) is 2.35. The van der Waals surface area contributed by atoms with Gasteiger partial charge in [-0.1, -0.05) is 13.8 Å². The van der Waals surface area contributed by atoms with Gasteiger partial charge in [-0.25, -0.2) is 21.2 Å². The smallest absolute Gasteiger partial charge is 0.243 e. The zero-order valence-electron chi connectivity index (χ0n) is 18.2. The lowest BCUT2D eigenvalue weighted by molar-refractivity contribution is -0.119. The number of nitrogens with one attached hydrogen (secondary N) is 1. The van der Waals surface area contributed by atoms with Crippen LogP contribution in [0.1, 0.15) is 26.7 Å². The van der Waals surface area contributed by atoms with Crippen LogP contribution < -0.4 is 5.32 Å². The van der Waals surface area contributed by atoms with Gasteiger partial charge in [0.15, 0.2) is 0 Å². The number of phenols is 1. The zero-order valence-corrected chi connectivity index (χ0v) is 19.9. The molecule has 0 spiro atoms. The van der Waals surface area contributed by atoms with Crippen LogP contribution in [0.2, 0.25) is 0 Å². The molecular formula is C21H26FN3O6S2. The van der Waals surface area contributed by atoms with E-state index >= 15 is 0 Å². The van der Waals surface area contributed by atoms with Crippen molar-refractivity contribution in [3.05, 3.63) is 48.3 Å². The maximum absolute atomic E-state index is 13.2. The van der Waals surface area contributed by atoms with Crippen LogP contribution in [0.3, 0.4) is 0 Å². The Hall–Kier alpha value is -2.54. The second kappa shape index (κ2) is 9.75. The fraction of sp³-hybridized carbons (Fsp3) is 0.381. The van der Waals surface area contributed by atoms with E-state index in [9.17, 15) is 31.1 Å². The number of amides is 1. The molecule has 0 bridgehead atoms. The first-order valence-electron chi connectivity index (χ1n) is 10.4. The molecule has 0 saturated carbocycles. The van der Waals surface area contributed by atoms with Crippen molar-refractivity contribution in [2.75, 3.05) is 25.0 Å². The number of aromatic hydroxyl groups is 1. The van der Waals surface area contributed by atoms with Crippen LogP contribution in [0.4, 0.5) is 10.1 Å². The molecule has 0 aromatic heterocycles. The molecule has 1 aliphatic heterocycles. The summed E-state index contributed by atoms with van der Waals surface area (Å²) in [5, 5.41) is 12.6. The highest BCUT2D eigenvalue weighted by atomic mass is 32.2. The van der Waals surface area contributed by atoms with Gasteiger partial charge in [0, 0.05) is 19.6 Å². The van der Waals surface area contributed by atoms with Crippen molar-refractivity contribution in [1.29, 1.82) is 0 Å². The first kappa shape index (κ1) is 25.1. The molecule has 12 heteroatoms. The van der Waals surface area contributed by atoms with Crippen molar-refractivity contribution in [3.8, 4) is 5.75 Å². The maximum Gasteiger partial charge on any atom is 0.243 e. The summed E-state index contributed by atoms with van der Waals surface area (Å²) in [5.41, 5.74) is -0.140. The Labute approximate surface area is 192 Å². The van der Waals surface area contributed by atoms with Crippen molar-refractivity contribution in [1.82, 2.24) is 8.61 Å². The molecule has 33 heavy (non-hydrogen) atoms. The van der Waals surface area contributed by atoms with Crippen LogP contribution in [-0.2, 0) is 24.8 Å². The van der Waals surface area contributed by atoms with Gasteiger partial charge in [-0.05, 0) is 55.3 Å². The summed E-state index contributed by atoms with van der Waals surface area (Å²) in [6, 6.07) is 6.79. The molecule has 1 aliphatic rings. The molecule has 0 aliphatic carbocycles. The van der Waals surface area contributed by atoms with Crippen molar-refractivity contribution >= 4 is 31.6 Å². The molecule has 1 atom stereocenters. The molecule has 1 heterocycles. The molecule has 2 N–H and O–H groups in total. The summed E-state index contributed by atoms with van der Waals surface area (Å²) in [6.45, 7) is 3.99. The van der Waals surface area contributed by atoms with Gasteiger partial charge in [-0.2, -0.15) is 8.61 Å². The third-order valence-corrected chi connectivity index (χ3v) is 9.46. The number of rotatable bonds is 8. The van der Waals surface area contributed by atoms with Gasteiger partial charge < -0.3 is 10.4 Å². The zero-order chi connectivity index (χ0) is 24.4. The summed E-state index contributed by atoms with van der Waals surface area (Å²) in [5.74, 6) is -1.64. The largest absolute Gasteiger partial charge is 0.506 e. The lowest BCUT2D eigenvalue weighted by atomic mass is 10.2. The van der Waals surface area contributed by atoms with E-state index in [1.807, 2.05) is 0 Å². The SMILES string of the molecule is CCN(CC)S(=O)(=O)c1ccc(O)c(NC(=O)C2CCCN2S(=O)(=O)c2ccc(F)cc2)c1. The van der Waals surface area contributed by atoms with Gasteiger partial charge in [-0.15, -0.1) is 0 Å². The van der Waals surface area contributed by atoms with Crippen molar-refractivity contribution in [2.24, 2.45) is 0 Å². The van der Waals surface area contributed by atoms with Crippen molar-refractivity contribution < 1.29 is 31.1 Å². The molecule has 1 fully saturated rings. The maximum atomic E-state index is 13.2. The molecule has 9 nitrogen and oxygen atoms in total. The number of nitrogens with zero attached hydrogens (tertiary/aromatic N) is 2. The minimum atomic E-state index is -4.06. The van der Waals surface area contributed by atoms with E-state index in [-0.39, 0.29) is 47.3 Å². The number of hydrogen-bond acceptors (Lipinski definition) is 6. The molecule has 3 rings (SSSR count). The Kier molecular flexibility index (Phi) is 7.42. The molecular weight excluding hydrogens is 473 g/mol. The van der Waals surface area contributed by atoms with Crippen LogP contribution in [0, 0.1) is 5.82 Å². The Bertz CT molecular complexity index is 1230. The summed E-state index contributed by atoms with van der Waals surface area (Å²) in [7, 11) is -7.90. The second-order valence-electron chi connectivity index (χ2n) is 7.49. The quantitative estimate of drug-likeness (QED) is 0.538. The minimum Gasteiger partial charge on any atom is -0.506 e. The van der Waals surface area contributed by atoms with Crippen LogP contribution in [0.5, 0.6) is 5.75 Å². The lowest BCUT2D eigenvalue weighted by Gasteiger charge is -2.24. The fourth-order valence-corrected chi connectivity index (χ4v) is 6.88. The van der Waals surface area contributed by atoms with Gasteiger partial charge in [-0.3, -0.25) is 4.79 Å². The van der Waals surface area contributed by atoms with E-state index in [0.717, 1.165) is 40.7 Å². The Balaban J connectivity index is 1.87. The van der Waals surface area contributed by atoms with Gasteiger partial charge >= 0.3 is 0 Å². The van der Waals surface area contributed by atoms with Crippen LogP contribution in [-0.4, -0.2) is 62.1 Å². The molecule has 2 aromatic carbocycles. The number of hydrogen-bond donors (Lipinski definition) is 2. The summed E-state index contributed by atoms with van der Waals surface area (Å²) in [4.78, 5) is 12.7. The highest BCUT2D eigenvalue weighted by Gasteiger charge is 2.39. The van der Waals surface area contributed by atoms with Crippen molar-refractivity contribution in [2.45, 2.75) is 42.5 Å². The van der Waals surface area contributed by atoms with Gasteiger partial charge in [0.1, 0.15) is 17.6 Å². The predicted molar refractivity (Wildman–Crippen MR) is 120 cm³/mol. The highest BCUT2D eigenvalue weighted by Crippen LogP contribution is 2.31. The fourth-order valence-electron chi connectivity index (χ4n) is 3.74. The van der Waals surface area contributed by atoms with Crippen LogP contribution in [0.15, 0.2) is 52.3 Å². The Morgan fingerprint density at radius 2 is 1.70 bits per heavy atom. The van der Waals surface area contributed by atoms with E-state index in [1.54, 1.807) is 13.8 Å². The normalized spacial score (nSPS) is 17.4. The molecule has 2 aromatic rings. The molecule has 1 saturated heterocycles. The third-order valence-electron chi connectivity index (χ3n) is 5.50. The van der Waals surface area contributed by atoms with Crippen LogP contribution in [0.25, 0.3) is 0 Å². The van der Waals surface area contributed by atoms with E-state index in [4.69, 9.17) is 0 Å². The highest BCUT2D eigenvalue weighted by molar-refractivity contribution is 7.89. The Morgan fingerprint density at radius 1 is 1.09 bits per heavy atom. The molecule has 0 radical (unpaired) electrons. The number of halogens is 1. The molecule has 180 valence electrons. The van der Waals surface area contributed by atoms with E-state index < -0.39 is 37.8 Å². The van der Waals surface area contributed by atoms with Gasteiger partial charge in [0.05, 0.1) is 15.5 Å². The van der Waals surface area contributed by atoms with Gasteiger partial charge in [0.25, 0.3) is 0 Å². The average Bonchev–Trinajstić information content (AvgIpc) is 3.27. The third kappa shape index (κ3) is 5.03. The first-order valence-corrected chi connectivity index (χ1v) is 13.3. The van der Waals surface area contributed by atoms with Crippen LogP contribution >= 0.6 is 0 Å². The second-order valence-corrected chi connectivity index (χ2v) is 11.3. The number of phenolic OH excluding ortho intramolecular Hbond substituents is 1.